The van der Waals surface area contributed by atoms with Crippen LogP contribution in [0.25, 0.3) is 11.1 Å². The maximum atomic E-state index is 11.7. The zero-order valence-electron chi connectivity index (χ0n) is 16.6. The first-order valence-corrected chi connectivity index (χ1v) is 9.76. The normalized spacial score (nSPS) is 11.2. The van der Waals surface area contributed by atoms with E-state index in [1.165, 1.54) is 0 Å². The molecule has 1 amide bonds. The van der Waals surface area contributed by atoms with Crippen molar-refractivity contribution in [1.82, 2.24) is 10.6 Å². The molecule has 0 atom stereocenters. The number of nitrogens with one attached hydrogen (secondary N) is 2. The van der Waals surface area contributed by atoms with Crippen molar-refractivity contribution in [3.8, 4) is 16.9 Å². The fourth-order valence-corrected chi connectivity index (χ4v) is 3.10. The summed E-state index contributed by atoms with van der Waals surface area (Å²) in [6, 6.07) is 11.4. The summed E-state index contributed by atoms with van der Waals surface area (Å²) >= 11 is 12.3. The Hall–Kier alpha value is -1.95. The van der Waals surface area contributed by atoms with E-state index in [-0.39, 0.29) is 0 Å². The van der Waals surface area contributed by atoms with Gasteiger partial charge in [0.15, 0.2) is 0 Å². The molecule has 0 unspecified atom stereocenters. The zero-order chi connectivity index (χ0) is 20.7. The summed E-state index contributed by atoms with van der Waals surface area (Å²) in [5.74, 6) is 0.699. The first-order chi connectivity index (χ1) is 13.2. The van der Waals surface area contributed by atoms with Crippen LogP contribution < -0.4 is 15.4 Å². The van der Waals surface area contributed by atoms with E-state index in [1.807, 2.05) is 52.1 Å². The molecule has 0 radical (unpaired) electrons. The molecule has 2 aromatic carbocycles. The molecule has 0 saturated heterocycles. The van der Waals surface area contributed by atoms with Gasteiger partial charge in [-0.25, -0.2) is 4.79 Å². The van der Waals surface area contributed by atoms with Crippen molar-refractivity contribution in [2.45, 2.75) is 32.9 Å². The highest BCUT2D eigenvalue weighted by Gasteiger charge is 2.15. The molecule has 2 rings (SSSR count). The summed E-state index contributed by atoms with van der Waals surface area (Å²) in [6.45, 7) is 6.80. The second-order valence-corrected chi connectivity index (χ2v) is 8.20. The Kier molecular flexibility index (Phi) is 7.98. The molecule has 0 aliphatic heterocycles. The Morgan fingerprint density at radius 3 is 2.25 bits per heavy atom. The lowest BCUT2D eigenvalue weighted by atomic mass is 10.0. The summed E-state index contributed by atoms with van der Waals surface area (Å²) < 4.78 is 11.0. The van der Waals surface area contributed by atoms with E-state index in [4.69, 9.17) is 32.7 Å². The molecule has 28 heavy (non-hydrogen) atoms. The fraction of sp³-hybridized carbons (Fsp3) is 0.381. The Bertz CT molecular complexity index is 800. The fourth-order valence-electron chi connectivity index (χ4n) is 2.57. The smallest absolute Gasteiger partial charge is 0.407 e. The van der Waals surface area contributed by atoms with Crippen LogP contribution in [0.4, 0.5) is 4.79 Å². The lowest BCUT2D eigenvalue weighted by molar-refractivity contribution is 0.0520. The molecule has 5 nitrogen and oxygen atoms in total. The number of alkyl carbamates (subject to hydrolysis) is 1. The molecule has 0 bridgehead atoms. The maximum absolute atomic E-state index is 11.7. The highest BCUT2D eigenvalue weighted by atomic mass is 35.5. The van der Waals surface area contributed by atoms with Crippen LogP contribution in [-0.4, -0.2) is 31.9 Å². The van der Waals surface area contributed by atoms with E-state index >= 15 is 0 Å². The topological polar surface area (TPSA) is 59.6 Å². The van der Waals surface area contributed by atoms with E-state index in [9.17, 15) is 4.79 Å². The third kappa shape index (κ3) is 7.58. The van der Waals surface area contributed by atoms with Crippen LogP contribution in [0.3, 0.4) is 0 Å². The summed E-state index contributed by atoms with van der Waals surface area (Å²) in [6.07, 6.45) is -0.464. The van der Waals surface area contributed by atoms with Crippen molar-refractivity contribution in [3.05, 3.63) is 52.0 Å². The standard InChI is InChI=1S/C21H26Cl2N2O3/c1-21(2,3)28-20(26)25-5-6-27-19-8-14(13-24-4)7-15(11-19)16-9-17(22)12-18(23)10-16/h7-12,24H,5-6,13H2,1-4H3,(H,25,26). The van der Waals surface area contributed by atoms with Gasteiger partial charge in [0.1, 0.15) is 18.0 Å². The van der Waals surface area contributed by atoms with E-state index in [2.05, 4.69) is 16.7 Å². The van der Waals surface area contributed by atoms with Crippen LogP contribution in [0.2, 0.25) is 10.0 Å². The van der Waals surface area contributed by atoms with Crippen LogP contribution in [0.5, 0.6) is 5.75 Å². The first-order valence-electron chi connectivity index (χ1n) is 9.01. The van der Waals surface area contributed by atoms with Crippen molar-refractivity contribution in [3.63, 3.8) is 0 Å². The quantitative estimate of drug-likeness (QED) is 0.593. The monoisotopic (exact) mass is 424 g/mol. The molecule has 2 aromatic rings. The molecule has 0 aliphatic rings. The molecule has 0 heterocycles. The summed E-state index contributed by atoms with van der Waals surface area (Å²) in [7, 11) is 1.88. The van der Waals surface area contributed by atoms with Crippen LogP contribution in [0.1, 0.15) is 26.3 Å². The molecule has 0 aromatic heterocycles. The lowest BCUT2D eigenvalue weighted by Gasteiger charge is -2.19. The van der Waals surface area contributed by atoms with Gasteiger partial charge < -0.3 is 20.1 Å². The second kappa shape index (κ2) is 10.0. The van der Waals surface area contributed by atoms with Crippen molar-refractivity contribution in [1.29, 1.82) is 0 Å². The van der Waals surface area contributed by atoms with Gasteiger partial charge in [-0.15, -0.1) is 0 Å². The van der Waals surface area contributed by atoms with Gasteiger partial charge in [-0.2, -0.15) is 0 Å². The van der Waals surface area contributed by atoms with Gasteiger partial charge in [-0.3, -0.25) is 0 Å². The molecule has 0 fully saturated rings. The van der Waals surface area contributed by atoms with Gasteiger partial charge in [0.25, 0.3) is 0 Å². The third-order valence-electron chi connectivity index (χ3n) is 3.58. The minimum atomic E-state index is -0.528. The van der Waals surface area contributed by atoms with Gasteiger partial charge in [-0.1, -0.05) is 23.2 Å². The predicted octanol–water partition coefficient (Wildman–Crippen LogP) is 5.28. The Morgan fingerprint density at radius 1 is 1.00 bits per heavy atom. The SMILES string of the molecule is CNCc1cc(OCCNC(=O)OC(C)(C)C)cc(-c2cc(Cl)cc(Cl)c2)c1. The number of hydrogen-bond acceptors (Lipinski definition) is 4. The summed E-state index contributed by atoms with van der Waals surface area (Å²) in [5, 5.41) is 6.96. The van der Waals surface area contributed by atoms with Crippen molar-refractivity contribution in [2.75, 3.05) is 20.2 Å². The largest absolute Gasteiger partial charge is 0.492 e. The molecule has 2 N–H and O–H groups in total. The Morgan fingerprint density at radius 2 is 1.64 bits per heavy atom. The minimum absolute atomic E-state index is 0.317. The van der Waals surface area contributed by atoms with E-state index in [1.54, 1.807) is 6.07 Å². The van der Waals surface area contributed by atoms with Crippen molar-refractivity contribution >= 4 is 29.3 Å². The number of carbonyl (C=O) groups excluding carboxylic acids is 1. The molecular weight excluding hydrogens is 399 g/mol. The highest BCUT2D eigenvalue weighted by molar-refractivity contribution is 6.35. The zero-order valence-corrected chi connectivity index (χ0v) is 18.1. The first kappa shape index (κ1) is 22.3. The van der Waals surface area contributed by atoms with Crippen LogP contribution in [0, 0.1) is 0 Å². The average molecular weight is 425 g/mol. The Labute approximate surface area is 176 Å². The average Bonchev–Trinajstić information content (AvgIpc) is 2.56. The van der Waals surface area contributed by atoms with Crippen LogP contribution >= 0.6 is 23.2 Å². The number of rotatable bonds is 7. The predicted molar refractivity (Wildman–Crippen MR) is 114 cm³/mol. The molecule has 0 saturated carbocycles. The second-order valence-electron chi connectivity index (χ2n) is 7.33. The van der Waals surface area contributed by atoms with Gasteiger partial charge >= 0.3 is 6.09 Å². The number of carbonyl (C=O) groups is 1. The highest BCUT2D eigenvalue weighted by Crippen LogP contribution is 2.30. The summed E-state index contributed by atoms with van der Waals surface area (Å²) in [4.78, 5) is 11.7. The molecule has 7 heteroatoms. The van der Waals surface area contributed by atoms with E-state index < -0.39 is 11.7 Å². The van der Waals surface area contributed by atoms with Gasteiger partial charge in [0.2, 0.25) is 0 Å². The van der Waals surface area contributed by atoms with Gasteiger partial charge in [0, 0.05) is 16.6 Å². The number of ether oxygens (including phenoxy) is 2. The molecule has 152 valence electrons. The van der Waals surface area contributed by atoms with Crippen molar-refractivity contribution in [2.24, 2.45) is 0 Å². The van der Waals surface area contributed by atoms with E-state index in [0.717, 1.165) is 16.7 Å². The minimum Gasteiger partial charge on any atom is -0.492 e. The summed E-state index contributed by atoms with van der Waals surface area (Å²) in [5.41, 5.74) is 2.39. The van der Waals surface area contributed by atoms with Gasteiger partial charge in [0.05, 0.1) is 6.54 Å². The number of hydrogen-bond donors (Lipinski definition) is 2. The number of amides is 1. The van der Waals surface area contributed by atoms with Crippen LogP contribution in [-0.2, 0) is 11.3 Å². The Balaban J connectivity index is 2.07. The maximum Gasteiger partial charge on any atom is 0.407 e. The number of halogens is 2. The lowest BCUT2D eigenvalue weighted by Crippen LogP contribution is -2.34. The van der Waals surface area contributed by atoms with Crippen LogP contribution in [0.15, 0.2) is 36.4 Å². The van der Waals surface area contributed by atoms with Gasteiger partial charge in [-0.05, 0) is 80.9 Å². The molecule has 0 aliphatic carbocycles. The van der Waals surface area contributed by atoms with Crippen molar-refractivity contribution < 1.29 is 14.3 Å². The third-order valence-corrected chi connectivity index (χ3v) is 4.02. The number of benzene rings is 2. The molecular formula is C21H26Cl2N2O3. The van der Waals surface area contributed by atoms with E-state index in [0.29, 0.717) is 35.5 Å². The molecule has 0 spiro atoms.